The summed E-state index contributed by atoms with van der Waals surface area (Å²) in [5, 5.41) is 0. The molecule has 0 saturated heterocycles. The summed E-state index contributed by atoms with van der Waals surface area (Å²) in [4.78, 5) is 41.4. The highest BCUT2D eigenvalue weighted by Crippen LogP contribution is 2.25. The Balaban J connectivity index is -0.000000222. The fourth-order valence-corrected chi connectivity index (χ4v) is 2.61. The lowest BCUT2D eigenvalue weighted by atomic mass is 9.88. The van der Waals surface area contributed by atoms with Crippen molar-refractivity contribution in [3.8, 4) is 0 Å². The number of methoxy groups -OCH3 is 2. The molecule has 0 spiro atoms. The average Bonchev–Trinajstić information content (AvgIpc) is 2.97. The summed E-state index contributed by atoms with van der Waals surface area (Å²) in [6, 6.07) is 0. The number of allylic oxidation sites excluding steroid dienone is 4. The van der Waals surface area contributed by atoms with Gasteiger partial charge in [-0.1, -0.05) is 62.5 Å². The SMILES string of the molecule is C=C(C)C(=O)OC.C=C(C)C(=O)OC.C=CC(=O)OCCCC.C=CCN.CC(C)=CCCC1=CCCC(C=O)C1. The van der Waals surface area contributed by atoms with Crippen LogP contribution in [-0.4, -0.2) is 51.6 Å². The third kappa shape index (κ3) is 36.5. The van der Waals surface area contributed by atoms with Gasteiger partial charge in [-0.05, 0) is 66.2 Å². The van der Waals surface area contributed by atoms with Crippen LogP contribution in [0.25, 0.3) is 0 Å². The zero-order valence-corrected chi connectivity index (χ0v) is 26.6. The monoisotopic (exact) mass is 577 g/mol. The van der Waals surface area contributed by atoms with Gasteiger partial charge in [0.05, 0.1) is 20.8 Å². The number of hydrogen-bond donors (Lipinski definition) is 1. The van der Waals surface area contributed by atoms with Crippen molar-refractivity contribution < 1.29 is 33.4 Å². The van der Waals surface area contributed by atoms with Gasteiger partial charge >= 0.3 is 17.9 Å². The first kappa shape index (κ1) is 44.5. The number of carbonyl (C=O) groups is 4. The number of esters is 3. The number of aldehydes is 1. The van der Waals surface area contributed by atoms with Crippen molar-refractivity contribution in [1.29, 1.82) is 0 Å². The Morgan fingerprint density at radius 3 is 1.85 bits per heavy atom. The minimum Gasteiger partial charge on any atom is -0.466 e. The zero-order valence-electron chi connectivity index (χ0n) is 26.6. The smallest absolute Gasteiger partial charge is 0.332 e. The van der Waals surface area contributed by atoms with Gasteiger partial charge in [0, 0.05) is 29.7 Å². The van der Waals surface area contributed by atoms with Crippen LogP contribution in [0.2, 0.25) is 0 Å². The number of hydrogen-bond acceptors (Lipinski definition) is 8. The van der Waals surface area contributed by atoms with Gasteiger partial charge in [0.1, 0.15) is 6.29 Å². The minimum absolute atomic E-state index is 0.293. The number of carbonyl (C=O) groups excluding carboxylic acids is 4. The second-order valence-electron chi connectivity index (χ2n) is 9.15. The molecule has 1 atom stereocenters. The van der Waals surface area contributed by atoms with Gasteiger partial charge in [-0.2, -0.15) is 0 Å². The van der Waals surface area contributed by atoms with E-state index in [1.165, 1.54) is 31.4 Å². The van der Waals surface area contributed by atoms with Gasteiger partial charge in [-0.15, -0.1) is 6.58 Å². The van der Waals surface area contributed by atoms with Crippen molar-refractivity contribution in [2.75, 3.05) is 27.4 Å². The molecule has 2 N–H and O–H groups in total. The quantitative estimate of drug-likeness (QED) is 0.0712. The fourth-order valence-electron chi connectivity index (χ4n) is 2.61. The van der Waals surface area contributed by atoms with Crippen molar-refractivity contribution in [2.45, 2.75) is 79.6 Å². The highest BCUT2D eigenvalue weighted by molar-refractivity contribution is 5.87. The second-order valence-corrected chi connectivity index (χ2v) is 9.15. The molecule has 8 nitrogen and oxygen atoms in total. The molecule has 1 unspecified atom stereocenters. The molecule has 0 heterocycles. The molecule has 8 heteroatoms. The highest BCUT2D eigenvalue weighted by Gasteiger charge is 2.13. The molecule has 1 aliphatic carbocycles. The van der Waals surface area contributed by atoms with E-state index < -0.39 is 0 Å². The molecule has 0 aromatic heterocycles. The summed E-state index contributed by atoms with van der Waals surface area (Å²) >= 11 is 0. The highest BCUT2D eigenvalue weighted by atomic mass is 16.5. The van der Waals surface area contributed by atoms with Crippen molar-refractivity contribution in [3.05, 3.63) is 72.9 Å². The van der Waals surface area contributed by atoms with Crippen LogP contribution in [0.5, 0.6) is 0 Å². The van der Waals surface area contributed by atoms with Gasteiger partial charge < -0.3 is 24.7 Å². The van der Waals surface area contributed by atoms with Crippen molar-refractivity contribution in [1.82, 2.24) is 0 Å². The molecule has 234 valence electrons. The maximum absolute atomic E-state index is 10.6. The van der Waals surface area contributed by atoms with Crippen molar-refractivity contribution in [2.24, 2.45) is 11.7 Å². The first-order chi connectivity index (χ1) is 19.3. The molecule has 41 heavy (non-hydrogen) atoms. The Kier molecular flexibility index (Phi) is 35.5. The molecule has 0 radical (unpaired) electrons. The largest absolute Gasteiger partial charge is 0.466 e. The summed E-state index contributed by atoms with van der Waals surface area (Å²) in [5.41, 5.74) is 8.64. The molecule has 0 saturated carbocycles. The molecule has 0 bridgehead atoms. The van der Waals surface area contributed by atoms with E-state index >= 15 is 0 Å². The zero-order chi connectivity index (χ0) is 32.6. The first-order valence-corrected chi connectivity index (χ1v) is 13.7. The standard InChI is InChI=1S/C13H20O.C7H12O2.2C5H8O2.C3H7N/c1-11(2)5-3-6-12-7-4-8-13(9-12)10-14;1-3-5-6-9-7(8)4-2;2*1-4(2)5(6)7-3;1-2-3-4/h5,7,10,13H,3-4,6,8-9H2,1-2H3;4H,2-3,5-6H2,1H3;2*1H2,2-3H3;2H,1,3-4H2. The maximum Gasteiger partial charge on any atom is 0.332 e. The van der Waals surface area contributed by atoms with E-state index in [9.17, 15) is 19.2 Å². The van der Waals surface area contributed by atoms with Crippen LogP contribution in [0, 0.1) is 5.92 Å². The van der Waals surface area contributed by atoms with Gasteiger partial charge in [-0.3, -0.25) is 0 Å². The van der Waals surface area contributed by atoms with Gasteiger partial charge in [0.15, 0.2) is 0 Å². The van der Waals surface area contributed by atoms with Crippen LogP contribution in [0.1, 0.15) is 79.6 Å². The lowest BCUT2D eigenvalue weighted by Gasteiger charge is -2.17. The summed E-state index contributed by atoms with van der Waals surface area (Å²) < 4.78 is 13.2. The summed E-state index contributed by atoms with van der Waals surface area (Å²) in [7, 11) is 2.66. The molecule has 0 amide bonds. The summed E-state index contributed by atoms with van der Waals surface area (Å²) in [5.74, 6) is -0.731. The predicted molar refractivity (Wildman–Crippen MR) is 169 cm³/mol. The molecule has 0 aromatic rings. The lowest BCUT2D eigenvalue weighted by molar-refractivity contribution is -0.138. The second kappa shape index (κ2) is 32.7. The fraction of sp³-hybridized carbons (Fsp3) is 0.515. The Morgan fingerprint density at radius 2 is 1.54 bits per heavy atom. The first-order valence-electron chi connectivity index (χ1n) is 13.7. The lowest BCUT2D eigenvalue weighted by Crippen LogP contribution is -2.07. The van der Waals surface area contributed by atoms with Crippen LogP contribution in [0.15, 0.2) is 72.9 Å². The van der Waals surface area contributed by atoms with E-state index in [0.29, 0.717) is 30.2 Å². The third-order valence-electron chi connectivity index (χ3n) is 4.85. The van der Waals surface area contributed by atoms with Gasteiger partial charge in [0.2, 0.25) is 0 Å². The molecule has 0 aromatic carbocycles. The van der Waals surface area contributed by atoms with Crippen molar-refractivity contribution >= 4 is 24.2 Å². The molecular formula is C33H55NO7. The number of nitrogens with two attached hydrogens (primary N) is 1. The van der Waals surface area contributed by atoms with E-state index in [2.05, 4.69) is 66.5 Å². The normalized spacial score (nSPS) is 12.4. The van der Waals surface area contributed by atoms with E-state index in [1.807, 2.05) is 6.92 Å². The van der Waals surface area contributed by atoms with Crippen LogP contribution in [0.4, 0.5) is 0 Å². The van der Waals surface area contributed by atoms with E-state index in [4.69, 9.17) is 5.73 Å². The Hall–Kier alpha value is -3.52. The number of unbranched alkanes of at least 4 members (excludes halogenated alkanes) is 1. The third-order valence-corrected chi connectivity index (χ3v) is 4.85. The predicted octanol–water partition coefficient (Wildman–Crippen LogP) is 6.78. The molecule has 0 fully saturated rings. The molecular weight excluding hydrogens is 522 g/mol. The summed E-state index contributed by atoms with van der Waals surface area (Å²) in [6.07, 6.45) is 15.9. The Bertz CT molecular complexity index is 824. The molecule has 0 aliphatic heterocycles. The average molecular weight is 578 g/mol. The summed E-state index contributed by atoms with van der Waals surface area (Å²) in [6.45, 7) is 23.9. The van der Waals surface area contributed by atoms with Crippen LogP contribution < -0.4 is 5.73 Å². The number of rotatable bonds is 11. The van der Waals surface area contributed by atoms with Gasteiger partial charge in [0.25, 0.3) is 0 Å². The minimum atomic E-state index is -0.347. The van der Waals surface area contributed by atoms with E-state index in [0.717, 1.165) is 51.2 Å². The Morgan fingerprint density at radius 1 is 1.02 bits per heavy atom. The van der Waals surface area contributed by atoms with E-state index in [1.54, 1.807) is 19.9 Å². The maximum atomic E-state index is 10.6. The Labute approximate surface area is 249 Å². The van der Waals surface area contributed by atoms with Gasteiger partial charge in [-0.25, -0.2) is 14.4 Å². The number of ether oxygens (including phenoxy) is 3. The van der Waals surface area contributed by atoms with Crippen molar-refractivity contribution in [3.63, 3.8) is 0 Å². The van der Waals surface area contributed by atoms with Crippen LogP contribution >= 0.6 is 0 Å². The van der Waals surface area contributed by atoms with Crippen LogP contribution in [0.3, 0.4) is 0 Å². The van der Waals surface area contributed by atoms with Crippen LogP contribution in [-0.2, 0) is 33.4 Å². The molecule has 1 rings (SSSR count). The molecule has 1 aliphatic rings. The van der Waals surface area contributed by atoms with E-state index in [-0.39, 0.29) is 17.9 Å². The topological polar surface area (TPSA) is 122 Å².